The van der Waals surface area contributed by atoms with Gasteiger partial charge in [-0.3, -0.25) is 4.90 Å². The van der Waals surface area contributed by atoms with E-state index in [1.54, 1.807) is 11.3 Å². The lowest BCUT2D eigenvalue weighted by Gasteiger charge is -2.35. The van der Waals surface area contributed by atoms with E-state index in [1.165, 1.54) is 24.4 Å². The van der Waals surface area contributed by atoms with Gasteiger partial charge in [-0.1, -0.05) is 0 Å². The second kappa shape index (κ2) is 6.55. The zero-order valence-electron chi connectivity index (χ0n) is 9.85. The van der Waals surface area contributed by atoms with Crippen molar-refractivity contribution >= 4 is 23.7 Å². The van der Waals surface area contributed by atoms with Crippen molar-refractivity contribution in [3.8, 4) is 0 Å². The van der Waals surface area contributed by atoms with Crippen LogP contribution in [0.15, 0.2) is 11.6 Å². The quantitative estimate of drug-likeness (QED) is 0.905. The van der Waals surface area contributed by atoms with E-state index >= 15 is 0 Å². The van der Waals surface area contributed by atoms with Crippen LogP contribution in [0.2, 0.25) is 0 Å². The summed E-state index contributed by atoms with van der Waals surface area (Å²) < 4.78 is 0. The summed E-state index contributed by atoms with van der Waals surface area (Å²) in [7, 11) is 2.21. The van der Waals surface area contributed by atoms with Gasteiger partial charge in [-0.15, -0.1) is 23.7 Å². The minimum atomic E-state index is 0. The predicted molar refractivity (Wildman–Crippen MR) is 71.4 cm³/mol. The Hall–Kier alpha value is -0.160. The second-order valence-corrected chi connectivity index (χ2v) is 5.14. The van der Waals surface area contributed by atoms with Crippen molar-refractivity contribution in [3.05, 3.63) is 16.6 Å². The Labute approximate surface area is 108 Å². The summed E-state index contributed by atoms with van der Waals surface area (Å²) >= 11 is 1.75. The van der Waals surface area contributed by atoms with Crippen LogP contribution in [-0.2, 0) is 0 Å². The van der Waals surface area contributed by atoms with E-state index < -0.39 is 0 Å². The zero-order valence-corrected chi connectivity index (χ0v) is 11.5. The topological polar surface area (TPSA) is 28.2 Å². The number of halogens is 1. The maximum absolute atomic E-state index is 4.39. The monoisotopic (exact) mass is 261 g/mol. The molecule has 5 heteroatoms. The summed E-state index contributed by atoms with van der Waals surface area (Å²) in [6.45, 7) is 4.54. The van der Waals surface area contributed by atoms with Crippen LogP contribution in [-0.4, -0.2) is 36.1 Å². The van der Waals surface area contributed by atoms with Crippen LogP contribution in [0, 0.1) is 0 Å². The molecule has 0 amide bonds. The van der Waals surface area contributed by atoms with E-state index in [9.17, 15) is 0 Å². The molecule has 92 valence electrons. The highest BCUT2D eigenvalue weighted by Gasteiger charge is 2.23. The highest BCUT2D eigenvalue weighted by atomic mass is 35.5. The van der Waals surface area contributed by atoms with E-state index in [-0.39, 0.29) is 12.4 Å². The van der Waals surface area contributed by atoms with Crippen LogP contribution in [0.3, 0.4) is 0 Å². The Bertz CT molecular complexity index is 285. The molecule has 1 saturated heterocycles. The molecule has 3 nitrogen and oxygen atoms in total. The highest BCUT2D eigenvalue weighted by Crippen LogP contribution is 2.24. The van der Waals surface area contributed by atoms with Gasteiger partial charge in [0.15, 0.2) is 0 Å². The van der Waals surface area contributed by atoms with Crippen LogP contribution in [0.4, 0.5) is 0 Å². The van der Waals surface area contributed by atoms with E-state index in [0.717, 1.165) is 6.54 Å². The van der Waals surface area contributed by atoms with E-state index in [2.05, 4.69) is 34.6 Å². The smallest absolute Gasteiger partial charge is 0.109 e. The van der Waals surface area contributed by atoms with Gasteiger partial charge in [0.05, 0.1) is 6.04 Å². The number of hydrogen-bond acceptors (Lipinski definition) is 4. The summed E-state index contributed by atoms with van der Waals surface area (Å²) in [5, 5.41) is 6.74. The second-order valence-electron chi connectivity index (χ2n) is 4.21. The number of nitrogens with one attached hydrogen (secondary N) is 1. The van der Waals surface area contributed by atoms with Gasteiger partial charge in [-0.25, -0.2) is 4.98 Å². The average Bonchev–Trinajstić information content (AvgIpc) is 2.82. The molecule has 0 aliphatic carbocycles. The molecule has 0 radical (unpaired) electrons. The molecule has 16 heavy (non-hydrogen) atoms. The Morgan fingerprint density at radius 3 is 3.00 bits per heavy atom. The fourth-order valence-corrected chi connectivity index (χ4v) is 2.86. The molecule has 1 aromatic rings. The van der Waals surface area contributed by atoms with E-state index in [4.69, 9.17) is 0 Å². The van der Waals surface area contributed by atoms with Crippen molar-refractivity contribution in [2.24, 2.45) is 0 Å². The third kappa shape index (κ3) is 3.17. The SMILES string of the molecule is CC(c1nccs1)N(C)C1CCCNC1.Cl. The molecule has 2 unspecified atom stereocenters. The molecule has 1 aromatic heterocycles. The van der Waals surface area contributed by atoms with E-state index in [1.807, 2.05) is 6.20 Å². The van der Waals surface area contributed by atoms with Crippen molar-refractivity contribution in [1.82, 2.24) is 15.2 Å². The van der Waals surface area contributed by atoms with Crippen molar-refractivity contribution in [1.29, 1.82) is 0 Å². The predicted octanol–water partition coefficient (Wildman–Crippen LogP) is 2.31. The molecular formula is C11H20ClN3S. The lowest BCUT2D eigenvalue weighted by Crippen LogP contribution is -2.45. The van der Waals surface area contributed by atoms with Crippen LogP contribution < -0.4 is 5.32 Å². The Morgan fingerprint density at radius 1 is 1.62 bits per heavy atom. The Balaban J connectivity index is 0.00000128. The summed E-state index contributed by atoms with van der Waals surface area (Å²) in [6, 6.07) is 1.10. The number of rotatable bonds is 3. The molecule has 0 spiro atoms. The molecule has 2 atom stereocenters. The highest BCUT2D eigenvalue weighted by molar-refractivity contribution is 7.09. The summed E-state index contributed by atoms with van der Waals surface area (Å²) in [4.78, 5) is 6.84. The van der Waals surface area contributed by atoms with Crippen LogP contribution in [0.1, 0.15) is 30.8 Å². The molecule has 0 saturated carbocycles. The third-order valence-electron chi connectivity index (χ3n) is 3.27. The van der Waals surface area contributed by atoms with Gasteiger partial charge in [0.1, 0.15) is 5.01 Å². The fraction of sp³-hybridized carbons (Fsp3) is 0.727. The number of piperidine rings is 1. The number of aromatic nitrogens is 1. The number of nitrogens with zero attached hydrogens (tertiary/aromatic N) is 2. The van der Waals surface area contributed by atoms with Crippen LogP contribution >= 0.6 is 23.7 Å². The number of hydrogen-bond donors (Lipinski definition) is 1. The maximum atomic E-state index is 4.39. The van der Waals surface area contributed by atoms with Gasteiger partial charge in [0, 0.05) is 24.2 Å². The normalized spacial score (nSPS) is 22.8. The largest absolute Gasteiger partial charge is 0.315 e. The van der Waals surface area contributed by atoms with Crippen molar-refractivity contribution in [2.75, 3.05) is 20.1 Å². The lowest BCUT2D eigenvalue weighted by atomic mass is 10.1. The molecule has 2 heterocycles. The Kier molecular flexibility index (Phi) is 5.69. The molecule has 1 N–H and O–H groups in total. The first-order valence-electron chi connectivity index (χ1n) is 5.61. The van der Waals surface area contributed by atoms with Gasteiger partial charge in [-0.2, -0.15) is 0 Å². The fourth-order valence-electron chi connectivity index (χ4n) is 2.11. The molecule has 1 aliphatic rings. The number of likely N-dealkylation sites (N-methyl/N-ethyl adjacent to an activating group) is 1. The standard InChI is InChI=1S/C11H19N3S.ClH/c1-9(11-13-6-7-15-11)14(2)10-4-3-5-12-8-10;/h6-7,9-10,12H,3-5,8H2,1-2H3;1H. The third-order valence-corrected chi connectivity index (χ3v) is 4.21. The summed E-state index contributed by atoms with van der Waals surface area (Å²) in [5.41, 5.74) is 0. The van der Waals surface area contributed by atoms with Crippen molar-refractivity contribution in [2.45, 2.75) is 31.8 Å². The van der Waals surface area contributed by atoms with Gasteiger partial charge in [-0.05, 0) is 33.4 Å². The molecular weight excluding hydrogens is 242 g/mol. The molecule has 0 bridgehead atoms. The summed E-state index contributed by atoms with van der Waals surface area (Å²) in [6.07, 6.45) is 4.49. The maximum Gasteiger partial charge on any atom is 0.109 e. The molecule has 1 aliphatic heterocycles. The van der Waals surface area contributed by atoms with Gasteiger partial charge < -0.3 is 5.32 Å². The summed E-state index contributed by atoms with van der Waals surface area (Å²) in [5.74, 6) is 0. The molecule has 1 fully saturated rings. The molecule has 2 rings (SSSR count). The number of thiazole rings is 1. The van der Waals surface area contributed by atoms with Gasteiger partial charge in [0.2, 0.25) is 0 Å². The first-order chi connectivity index (χ1) is 7.29. The Morgan fingerprint density at radius 2 is 2.44 bits per heavy atom. The zero-order chi connectivity index (χ0) is 10.7. The van der Waals surface area contributed by atoms with Crippen LogP contribution in [0.5, 0.6) is 0 Å². The van der Waals surface area contributed by atoms with Gasteiger partial charge in [0.25, 0.3) is 0 Å². The van der Waals surface area contributed by atoms with Crippen molar-refractivity contribution in [3.63, 3.8) is 0 Å². The van der Waals surface area contributed by atoms with Gasteiger partial charge >= 0.3 is 0 Å². The first-order valence-corrected chi connectivity index (χ1v) is 6.49. The van der Waals surface area contributed by atoms with Crippen molar-refractivity contribution < 1.29 is 0 Å². The minimum Gasteiger partial charge on any atom is -0.315 e. The van der Waals surface area contributed by atoms with E-state index in [0.29, 0.717) is 12.1 Å². The van der Waals surface area contributed by atoms with Crippen LogP contribution in [0.25, 0.3) is 0 Å². The first kappa shape index (κ1) is 13.9. The average molecular weight is 262 g/mol. The molecule has 0 aromatic carbocycles. The lowest BCUT2D eigenvalue weighted by molar-refractivity contribution is 0.156. The minimum absolute atomic E-state index is 0.